The van der Waals surface area contributed by atoms with Crippen LogP contribution in [0.5, 0.6) is 11.5 Å². The van der Waals surface area contributed by atoms with Gasteiger partial charge in [-0.25, -0.2) is 8.42 Å². The van der Waals surface area contributed by atoms with Gasteiger partial charge in [-0.05, 0) is 47.5 Å². The van der Waals surface area contributed by atoms with Gasteiger partial charge in [0.05, 0.1) is 11.4 Å². The Hall–Kier alpha value is -3.07. The fraction of sp³-hybridized carbons (Fsp3) is 0.174. The van der Waals surface area contributed by atoms with Crippen molar-refractivity contribution < 1.29 is 22.7 Å². The highest BCUT2D eigenvalue weighted by atomic mass is 35.5. The molecule has 0 aromatic heterocycles. The van der Waals surface area contributed by atoms with Crippen molar-refractivity contribution in [1.82, 2.24) is 9.62 Å². The molecule has 0 aliphatic carbocycles. The van der Waals surface area contributed by atoms with E-state index in [2.05, 4.69) is 5.32 Å². The quantitative estimate of drug-likeness (QED) is 0.541. The highest BCUT2D eigenvalue weighted by Crippen LogP contribution is 2.32. The maximum absolute atomic E-state index is 13.2. The number of fused-ring (bicyclic) bond motifs is 1. The van der Waals surface area contributed by atoms with Crippen molar-refractivity contribution in [3.8, 4) is 11.5 Å². The molecule has 1 aliphatic rings. The van der Waals surface area contributed by atoms with Crippen LogP contribution in [-0.2, 0) is 27.9 Å². The molecule has 0 saturated heterocycles. The Morgan fingerprint density at radius 1 is 0.938 bits per heavy atom. The molecule has 0 radical (unpaired) electrons. The first kappa shape index (κ1) is 22.1. The zero-order chi connectivity index (χ0) is 22.6. The molecule has 3 aromatic carbocycles. The Balaban J connectivity index is 1.49. The summed E-state index contributed by atoms with van der Waals surface area (Å²) >= 11 is 5.94. The minimum atomic E-state index is -3.89. The third kappa shape index (κ3) is 5.21. The maximum atomic E-state index is 13.2. The number of sulfonamides is 1. The van der Waals surface area contributed by atoms with Crippen LogP contribution in [0.4, 0.5) is 0 Å². The van der Waals surface area contributed by atoms with Gasteiger partial charge in [-0.2, -0.15) is 4.31 Å². The molecule has 9 heteroatoms. The SMILES string of the molecule is O=C(CN(Cc1ccc(Cl)cc1)S(=O)(=O)c1ccccc1)NCc1ccc2c(c1)OCO2. The molecule has 0 atom stereocenters. The molecule has 0 fully saturated rings. The molecule has 0 saturated carbocycles. The second-order valence-corrected chi connectivity index (χ2v) is 9.55. The van der Waals surface area contributed by atoms with Crippen LogP contribution in [0.3, 0.4) is 0 Å². The molecule has 166 valence electrons. The molecule has 0 unspecified atom stereocenters. The molecule has 3 aromatic rings. The number of halogens is 1. The number of hydrogen-bond donors (Lipinski definition) is 1. The predicted octanol–water partition coefficient (Wildman–Crippen LogP) is 3.58. The van der Waals surface area contributed by atoms with Gasteiger partial charge in [0, 0.05) is 18.1 Å². The van der Waals surface area contributed by atoms with E-state index in [9.17, 15) is 13.2 Å². The maximum Gasteiger partial charge on any atom is 0.243 e. The second kappa shape index (κ2) is 9.60. The number of carbonyl (C=O) groups excluding carboxylic acids is 1. The first-order valence-electron chi connectivity index (χ1n) is 9.87. The van der Waals surface area contributed by atoms with Crippen molar-refractivity contribution in [1.29, 1.82) is 0 Å². The van der Waals surface area contributed by atoms with Gasteiger partial charge in [0.15, 0.2) is 11.5 Å². The van der Waals surface area contributed by atoms with Crippen molar-refractivity contribution in [2.75, 3.05) is 13.3 Å². The summed E-state index contributed by atoms with van der Waals surface area (Å²) in [6.07, 6.45) is 0. The molecule has 0 spiro atoms. The normalized spacial score (nSPS) is 12.7. The molecule has 4 rings (SSSR count). The molecule has 1 N–H and O–H groups in total. The number of ether oxygens (including phenoxy) is 2. The third-order valence-electron chi connectivity index (χ3n) is 4.90. The van der Waals surface area contributed by atoms with Gasteiger partial charge < -0.3 is 14.8 Å². The summed E-state index contributed by atoms with van der Waals surface area (Å²) in [4.78, 5) is 12.8. The molecule has 1 amide bonds. The van der Waals surface area contributed by atoms with E-state index in [1.165, 1.54) is 12.1 Å². The molecular formula is C23H21ClN2O5S. The van der Waals surface area contributed by atoms with Gasteiger partial charge in [-0.3, -0.25) is 4.79 Å². The average Bonchev–Trinajstić information content (AvgIpc) is 3.27. The minimum Gasteiger partial charge on any atom is -0.454 e. The lowest BCUT2D eigenvalue weighted by atomic mass is 10.2. The first-order chi connectivity index (χ1) is 15.4. The van der Waals surface area contributed by atoms with E-state index in [0.717, 1.165) is 15.4 Å². The van der Waals surface area contributed by atoms with E-state index in [4.69, 9.17) is 21.1 Å². The van der Waals surface area contributed by atoms with Crippen molar-refractivity contribution >= 4 is 27.5 Å². The van der Waals surface area contributed by atoms with Crippen molar-refractivity contribution in [2.45, 2.75) is 18.0 Å². The fourth-order valence-electron chi connectivity index (χ4n) is 3.23. The molecule has 0 bridgehead atoms. The molecule has 1 aliphatic heterocycles. The Morgan fingerprint density at radius 3 is 2.38 bits per heavy atom. The summed E-state index contributed by atoms with van der Waals surface area (Å²) < 4.78 is 38.2. The van der Waals surface area contributed by atoms with Gasteiger partial charge in [0.1, 0.15) is 0 Å². The van der Waals surface area contributed by atoms with Crippen molar-refractivity contribution in [3.05, 3.63) is 88.9 Å². The van der Waals surface area contributed by atoms with Crippen LogP contribution in [-0.4, -0.2) is 32.0 Å². The summed E-state index contributed by atoms with van der Waals surface area (Å²) in [6.45, 7) is 0.105. The molecule has 1 heterocycles. The standard InChI is InChI=1S/C23H21ClN2O5S/c24-19-9-6-17(7-10-19)14-26(32(28,29)20-4-2-1-3-5-20)15-23(27)25-13-18-8-11-21-22(12-18)31-16-30-21/h1-12H,13-16H2,(H,25,27). The van der Waals surface area contributed by atoms with Crippen LogP contribution >= 0.6 is 11.6 Å². The molecular weight excluding hydrogens is 452 g/mol. The van der Waals surface area contributed by atoms with Crippen LogP contribution < -0.4 is 14.8 Å². The van der Waals surface area contributed by atoms with E-state index < -0.39 is 15.9 Å². The number of carbonyl (C=O) groups is 1. The molecule has 7 nitrogen and oxygen atoms in total. The zero-order valence-electron chi connectivity index (χ0n) is 17.0. The van der Waals surface area contributed by atoms with Crippen LogP contribution in [0.15, 0.2) is 77.7 Å². The van der Waals surface area contributed by atoms with E-state index >= 15 is 0 Å². The number of benzene rings is 3. The van der Waals surface area contributed by atoms with Crippen LogP contribution in [0.25, 0.3) is 0 Å². The fourth-order valence-corrected chi connectivity index (χ4v) is 4.76. The lowest BCUT2D eigenvalue weighted by Crippen LogP contribution is -2.40. The summed E-state index contributed by atoms with van der Waals surface area (Å²) in [5.74, 6) is 0.854. The third-order valence-corrected chi connectivity index (χ3v) is 6.96. The van der Waals surface area contributed by atoms with Crippen LogP contribution in [0.2, 0.25) is 5.02 Å². The Kier molecular flexibility index (Phi) is 6.64. The zero-order valence-corrected chi connectivity index (χ0v) is 18.6. The van der Waals surface area contributed by atoms with Gasteiger partial charge in [-0.15, -0.1) is 0 Å². The highest BCUT2D eigenvalue weighted by Gasteiger charge is 2.27. The number of hydrogen-bond acceptors (Lipinski definition) is 5. The van der Waals surface area contributed by atoms with E-state index in [0.29, 0.717) is 16.5 Å². The van der Waals surface area contributed by atoms with Gasteiger partial charge in [-0.1, -0.05) is 48.0 Å². The predicted molar refractivity (Wildman–Crippen MR) is 120 cm³/mol. The number of rotatable bonds is 8. The highest BCUT2D eigenvalue weighted by molar-refractivity contribution is 7.89. The second-order valence-electron chi connectivity index (χ2n) is 7.18. The monoisotopic (exact) mass is 472 g/mol. The summed E-state index contributed by atoms with van der Waals surface area (Å²) in [7, 11) is -3.89. The average molecular weight is 473 g/mol. The Bertz CT molecular complexity index is 1200. The summed E-state index contributed by atoms with van der Waals surface area (Å²) in [5.41, 5.74) is 1.54. The minimum absolute atomic E-state index is 0.0336. The smallest absolute Gasteiger partial charge is 0.243 e. The Morgan fingerprint density at radius 2 is 1.62 bits per heavy atom. The number of amides is 1. The summed E-state index contributed by atoms with van der Waals surface area (Å²) in [6, 6.07) is 20.3. The van der Waals surface area contributed by atoms with E-state index in [1.54, 1.807) is 54.6 Å². The van der Waals surface area contributed by atoms with Crippen LogP contribution in [0.1, 0.15) is 11.1 Å². The molecule has 32 heavy (non-hydrogen) atoms. The lowest BCUT2D eigenvalue weighted by Gasteiger charge is -2.22. The van der Waals surface area contributed by atoms with E-state index in [1.807, 2.05) is 6.07 Å². The van der Waals surface area contributed by atoms with Crippen molar-refractivity contribution in [2.24, 2.45) is 0 Å². The van der Waals surface area contributed by atoms with Gasteiger partial charge in [0.2, 0.25) is 22.7 Å². The van der Waals surface area contributed by atoms with E-state index in [-0.39, 0.29) is 31.3 Å². The Labute approximate surface area is 191 Å². The number of nitrogens with zero attached hydrogens (tertiary/aromatic N) is 1. The summed E-state index contributed by atoms with van der Waals surface area (Å²) in [5, 5.41) is 3.33. The number of nitrogens with one attached hydrogen (secondary N) is 1. The topological polar surface area (TPSA) is 84.9 Å². The lowest BCUT2D eigenvalue weighted by molar-refractivity contribution is -0.121. The van der Waals surface area contributed by atoms with Crippen molar-refractivity contribution in [3.63, 3.8) is 0 Å². The largest absolute Gasteiger partial charge is 0.454 e. The first-order valence-corrected chi connectivity index (χ1v) is 11.7. The van der Waals surface area contributed by atoms with Gasteiger partial charge >= 0.3 is 0 Å². The van der Waals surface area contributed by atoms with Crippen LogP contribution in [0, 0.1) is 0 Å². The van der Waals surface area contributed by atoms with Gasteiger partial charge in [0.25, 0.3) is 0 Å².